The van der Waals surface area contributed by atoms with Gasteiger partial charge in [0.05, 0.1) is 22.3 Å². The molecule has 2 aliphatic carbocycles. The molecule has 460 valence electrons. The highest BCUT2D eigenvalue weighted by molar-refractivity contribution is 6.20. The van der Waals surface area contributed by atoms with Crippen molar-refractivity contribution >= 4 is 72.2 Å². The zero-order chi connectivity index (χ0) is 64.3. The van der Waals surface area contributed by atoms with Crippen LogP contribution in [0.5, 0.6) is 69.0 Å². The Hall–Kier alpha value is -10.9. The van der Waals surface area contributed by atoms with Crippen LogP contribution in [0.3, 0.4) is 0 Å². The maximum atomic E-state index is 13.4. The van der Waals surface area contributed by atoms with Crippen molar-refractivity contribution in [1.29, 1.82) is 0 Å². The quantitative estimate of drug-likeness (QED) is 0.0399. The molecule has 2 saturated carbocycles. The van der Waals surface area contributed by atoms with Crippen molar-refractivity contribution in [3.05, 3.63) is 159 Å². The van der Waals surface area contributed by atoms with Gasteiger partial charge in [0.1, 0.15) is 23.0 Å². The number of phenolic OH excluding ortho intramolecular Hbond substituents is 12. The number of carbonyl (C=O) groups excluding carboxylic acids is 4. The Morgan fingerprint density at radius 3 is 1.11 bits per heavy atom. The standard InChI is InChI=1S/C37H29NO8.C35H37NO8/c1-18-13-22-24(16-27(40)35(44)31(22)26(39)15-20-9-5-3-6-10-20)33(42)29(18)30-19(2)14-23-25(34(30)43)17-28(41)36(45)32(23)37(46)38-21-11-7-4-8-12-21;1-16-11-20-22(14-25(38)33(42)29(20)24(37)13-18-7-3-4-8-18)31(40)27(16)28-17(2)12-21-23(32(28)41)15-26(39)34(43)30(21)35(44)36-19-9-5-6-10-19/h3-14,16-17,40-45H,15H2,1-2H3,(H,38,46);11-12,14-15,18-19,38-43H,3-10,13H2,1-2H3,(H,36,44). The van der Waals surface area contributed by atoms with Gasteiger partial charge in [-0.3, -0.25) is 19.2 Å². The predicted molar refractivity (Wildman–Crippen MR) is 342 cm³/mol. The summed E-state index contributed by atoms with van der Waals surface area (Å²) in [7, 11) is 0. The topological polar surface area (TPSA) is 335 Å². The summed E-state index contributed by atoms with van der Waals surface area (Å²) in [4.78, 5) is 53.4. The van der Waals surface area contributed by atoms with Gasteiger partial charge in [0.15, 0.2) is 57.6 Å². The molecule has 0 bridgehead atoms. The molecule has 0 atom stereocenters. The molecule has 0 spiro atoms. The van der Waals surface area contributed by atoms with E-state index in [1.54, 1.807) is 107 Å². The minimum absolute atomic E-state index is 0.0280. The number of aryl methyl sites for hydroxylation is 4. The molecule has 18 heteroatoms. The van der Waals surface area contributed by atoms with Crippen LogP contribution >= 0.6 is 0 Å². The normalized spacial score (nSPS) is 13.5. The molecule has 12 rings (SSSR count). The van der Waals surface area contributed by atoms with E-state index in [0.29, 0.717) is 33.5 Å². The fourth-order valence-corrected chi connectivity index (χ4v) is 13.3. The molecule has 14 N–H and O–H groups in total. The fourth-order valence-electron chi connectivity index (χ4n) is 13.3. The van der Waals surface area contributed by atoms with Crippen LogP contribution in [0.1, 0.15) is 127 Å². The number of benzene rings is 10. The molecule has 18 nitrogen and oxygen atoms in total. The van der Waals surface area contributed by atoms with Crippen molar-refractivity contribution < 1.29 is 80.5 Å². The van der Waals surface area contributed by atoms with Gasteiger partial charge in [-0.1, -0.05) is 87.1 Å². The first kappa shape index (κ1) is 60.8. The van der Waals surface area contributed by atoms with Gasteiger partial charge in [-0.2, -0.15) is 0 Å². The van der Waals surface area contributed by atoms with E-state index in [2.05, 4.69) is 10.6 Å². The Kier molecular flexibility index (Phi) is 16.2. The van der Waals surface area contributed by atoms with Crippen molar-refractivity contribution in [3.63, 3.8) is 0 Å². The molecule has 0 unspecified atom stereocenters. The Bertz CT molecular complexity index is 4350. The third-order valence-electron chi connectivity index (χ3n) is 17.7. The highest BCUT2D eigenvalue weighted by atomic mass is 16.3. The first-order valence-corrected chi connectivity index (χ1v) is 29.6. The van der Waals surface area contributed by atoms with Crippen molar-refractivity contribution in [2.24, 2.45) is 5.92 Å². The lowest BCUT2D eigenvalue weighted by Crippen LogP contribution is -2.32. The number of ketones is 2. The molecule has 2 fully saturated rings. The molecule has 0 heterocycles. The molecular formula is C72H66N2O16. The zero-order valence-corrected chi connectivity index (χ0v) is 49.6. The summed E-state index contributed by atoms with van der Waals surface area (Å²) in [6.45, 7) is 6.68. The second kappa shape index (κ2) is 24.0. The average Bonchev–Trinajstić information content (AvgIpc) is 0.798. The molecule has 10 aromatic rings. The lowest BCUT2D eigenvalue weighted by molar-refractivity contribution is 0.0932. The minimum Gasteiger partial charge on any atom is -0.507 e. The van der Waals surface area contributed by atoms with Gasteiger partial charge in [-0.25, -0.2) is 0 Å². The van der Waals surface area contributed by atoms with E-state index in [1.165, 1.54) is 12.1 Å². The van der Waals surface area contributed by atoms with Crippen LogP contribution in [0, 0.1) is 33.6 Å². The second-order valence-corrected chi connectivity index (χ2v) is 23.7. The maximum absolute atomic E-state index is 13.4. The largest absolute Gasteiger partial charge is 0.507 e. The monoisotopic (exact) mass is 1210 g/mol. The fraction of sp³-hybridized carbons (Fsp3) is 0.222. The first-order valence-electron chi connectivity index (χ1n) is 29.6. The number of Topliss-reactive ketones (excluding diaryl/α,β-unsaturated/α-hetero) is 2. The highest BCUT2D eigenvalue weighted by Gasteiger charge is 2.32. The van der Waals surface area contributed by atoms with Gasteiger partial charge in [0.2, 0.25) is 0 Å². The predicted octanol–water partition coefficient (Wildman–Crippen LogP) is 14.1. The number of para-hydroxylation sites is 1. The number of aromatic hydroxyl groups is 12. The SMILES string of the molecule is Cc1cc2c(C(=O)CC3CCCC3)c(O)c(O)cc2c(O)c1-c1c(C)cc2c(C(=O)NC3CCCC3)c(O)c(O)cc2c1O.Cc1cc2c(C(=O)Cc3ccccc3)c(O)c(O)cc2c(O)c1-c1c(C)cc2c(C(=O)Nc3ccccc3)c(O)c(O)cc2c1O. The van der Waals surface area contributed by atoms with Crippen LogP contribution in [-0.4, -0.2) is 90.7 Å². The Balaban J connectivity index is 0.000000185. The van der Waals surface area contributed by atoms with E-state index in [1.807, 2.05) is 6.07 Å². The van der Waals surface area contributed by atoms with Crippen LogP contribution in [0.15, 0.2) is 109 Å². The number of anilines is 1. The van der Waals surface area contributed by atoms with Gasteiger partial charge >= 0.3 is 0 Å². The van der Waals surface area contributed by atoms with Gasteiger partial charge in [-0.05, 0) is 135 Å². The van der Waals surface area contributed by atoms with E-state index in [-0.39, 0.29) is 141 Å². The summed E-state index contributed by atoms with van der Waals surface area (Å²) in [5.74, 6) is -8.04. The molecular weight excluding hydrogens is 1150 g/mol. The van der Waals surface area contributed by atoms with Gasteiger partial charge in [0, 0.05) is 89.9 Å². The van der Waals surface area contributed by atoms with Crippen molar-refractivity contribution in [3.8, 4) is 91.2 Å². The molecule has 0 aliphatic heterocycles. The number of rotatable bonds is 12. The molecule has 0 radical (unpaired) electrons. The summed E-state index contributed by atoms with van der Waals surface area (Å²) in [6, 6.07) is 28.4. The average molecular weight is 1220 g/mol. The molecule has 10 aromatic carbocycles. The molecule has 2 aliphatic rings. The van der Waals surface area contributed by atoms with E-state index >= 15 is 0 Å². The second-order valence-electron chi connectivity index (χ2n) is 23.7. The molecule has 2 amide bonds. The summed E-state index contributed by atoms with van der Waals surface area (Å²) in [6.07, 6.45) is 7.73. The van der Waals surface area contributed by atoms with E-state index in [4.69, 9.17) is 0 Å². The van der Waals surface area contributed by atoms with E-state index in [0.717, 1.165) is 63.5 Å². The molecule has 0 saturated heterocycles. The first-order chi connectivity index (χ1) is 42.9. The Morgan fingerprint density at radius 2 is 0.711 bits per heavy atom. The number of carbonyl (C=O) groups is 4. The highest BCUT2D eigenvalue weighted by Crippen LogP contribution is 2.54. The smallest absolute Gasteiger partial charge is 0.260 e. The third-order valence-corrected chi connectivity index (χ3v) is 17.7. The number of amides is 2. The van der Waals surface area contributed by atoms with Crippen LogP contribution < -0.4 is 10.6 Å². The van der Waals surface area contributed by atoms with Gasteiger partial charge in [0.25, 0.3) is 11.8 Å². The summed E-state index contributed by atoms with van der Waals surface area (Å²) in [5.41, 5.74) is 3.08. The third kappa shape index (κ3) is 10.8. The lowest BCUT2D eigenvalue weighted by atomic mass is 9.86. The van der Waals surface area contributed by atoms with Gasteiger partial charge in [-0.15, -0.1) is 0 Å². The summed E-state index contributed by atoms with van der Waals surface area (Å²) >= 11 is 0. The van der Waals surface area contributed by atoms with Gasteiger partial charge < -0.3 is 71.9 Å². The van der Waals surface area contributed by atoms with Crippen LogP contribution in [0.25, 0.3) is 65.3 Å². The van der Waals surface area contributed by atoms with Crippen LogP contribution in [0.2, 0.25) is 0 Å². The number of phenols is 12. The van der Waals surface area contributed by atoms with E-state index in [9.17, 15) is 80.5 Å². The lowest BCUT2D eigenvalue weighted by Gasteiger charge is -2.21. The van der Waals surface area contributed by atoms with Crippen molar-refractivity contribution in [1.82, 2.24) is 5.32 Å². The summed E-state index contributed by atoms with van der Waals surface area (Å²) in [5, 5.41) is 139. The number of hydrogen-bond acceptors (Lipinski definition) is 16. The molecule has 0 aromatic heterocycles. The van der Waals surface area contributed by atoms with E-state index < -0.39 is 63.6 Å². The molecule has 90 heavy (non-hydrogen) atoms. The van der Waals surface area contributed by atoms with Crippen molar-refractivity contribution in [2.75, 3.05) is 5.32 Å². The number of fused-ring (bicyclic) bond motifs is 4. The summed E-state index contributed by atoms with van der Waals surface area (Å²) < 4.78 is 0. The Labute approximate surface area is 515 Å². The number of nitrogens with one attached hydrogen (secondary N) is 2. The van der Waals surface area contributed by atoms with Crippen LogP contribution in [-0.2, 0) is 6.42 Å². The van der Waals surface area contributed by atoms with Crippen LogP contribution in [0.4, 0.5) is 5.69 Å². The van der Waals surface area contributed by atoms with Crippen molar-refractivity contribution in [2.45, 2.75) is 97.9 Å². The zero-order valence-electron chi connectivity index (χ0n) is 49.6. The minimum atomic E-state index is -0.719. The maximum Gasteiger partial charge on any atom is 0.260 e. The Morgan fingerprint density at radius 1 is 0.378 bits per heavy atom. The number of hydrogen-bond donors (Lipinski definition) is 14.